The first-order valence-corrected chi connectivity index (χ1v) is 4.21. The Hall–Kier alpha value is -1.18. The third-order valence-corrected chi connectivity index (χ3v) is 1.88. The molecule has 0 amide bonds. The summed E-state index contributed by atoms with van der Waals surface area (Å²) in [5.74, 6) is -0.0910. The molecule has 2 rings (SSSR count). The SMILES string of the molecule is FC(F)(F)c1cnc2nc(Br)cnn12. The van der Waals surface area contributed by atoms with E-state index in [0.717, 1.165) is 0 Å². The largest absolute Gasteiger partial charge is 0.435 e. The molecular weight excluding hydrogens is 265 g/mol. The van der Waals surface area contributed by atoms with Crippen LogP contribution in [0.15, 0.2) is 17.0 Å². The van der Waals surface area contributed by atoms with Gasteiger partial charge in [0.05, 0.1) is 12.4 Å². The van der Waals surface area contributed by atoms with Crippen LogP contribution in [0, 0.1) is 0 Å². The maximum absolute atomic E-state index is 12.3. The quantitative estimate of drug-likeness (QED) is 0.732. The molecule has 74 valence electrons. The van der Waals surface area contributed by atoms with E-state index in [1.807, 2.05) is 0 Å². The first-order valence-electron chi connectivity index (χ1n) is 3.42. The van der Waals surface area contributed by atoms with Crippen LogP contribution in [-0.2, 0) is 6.18 Å². The van der Waals surface area contributed by atoms with Crippen LogP contribution in [0.3, 0.4) is 0 Å². The minimum Gasteiger partial charge on any atom is -0.217 e. The smallest absolute Gasteiger partial charge is 0.217 e. The Labute approximate surface area is 83.9 Å². The number of fused-ring (bicyclic) bond motifs is 1. The highest BCUT2D eigenvalue weighted by Gasteiger charge is 2.35. The van der Waals surface area contributed by atoms with Crippen LogP contribution in [0.4, 0.5) is 13.2 Å². The van der Waals surface area contributed by atoms with E-state index in [1.54, 1.807) is 0 Å². The molecule has 2 heterocycles. The number of imidazole rings is 1. The van der Waals surface area contributed by atoms with Crippen molar-refractivity contribution in [2.75, 3.05) is 0 Å². The van der Waals surface area contributed by atoms with Crippen LogP contribution in [0.1, 0.15) is 5.69 Å². The number of hydrogen-bond acceptors (Lipinski definition) is 3. The molecule has 4 nitrogen and oxygen atoms in total. The summed E-state index contributed by atoms with van der Waals surface area (Å²) in [4.78, 5) is 7.20. The van der Waals surface area contributed by atoms with Gasteiger partial charge in [-0.25, -0.2) is 9.97 Å². The predicted octanol–water partition coefficient (Wildman–Crippen LogP) is 1.91. The van der Waals surface area contributed by atoms with Gasteiger partial charge in [-0.2, -0.15) is 22.8 Å². The summed E-state index contributed by atoms with van der Waals surface area (Å²) in [7, 11) is 0. The molecule has 0 N–H and O–H groups in total. The molecule has 0 aromatic carbocycles. The van der Waals surface area contributed by atoms with E-state index in [0.29, 0.717) is 15.3 Å². The maximum atomic E-state index is 12.3. The second kappa shape index (κ2) is 2.91. The highest BCUT2D eigenvalue weighted by molar-refractivity contribution is 9.10. The van der Waals surface area contributed by atoms with E-state index in [-0.39, 0.29) is 5.78 Å². The van der Waals surface area contributed by atoms with Crippen molar-refractivity contribution < 1.29 is 13.2 Å². The second-order valence-electron chi connectivity index (χ2n) is 2.43. The summed E-state index contributed by atoms with van der Waals surface area (Å²) >= 11 is 2.98. The van der Waals surface area contributed by atoms with E-state index in [9.17, 15) is 13.2 Å². The van der Waals surface area contributed by atoms with Gasteiger partial charge in [-0.1, -0.05) is 0 Å². The van der Waals surface area contributed by atoms with Crippen molar-refractivity contribution in [1.29, 1.82) is 0 Å². The maximum Gasteiger partial charge on any atom is 0.435 e. The molecule has 8 heteroatoms. The van der Waals surface area contributed by atoms with E-state index in [1.165, 1.54) is 6.20 Å². The van der Waals surface area contributed by atoms with Gasteiger partial charge in [0.15, 0.2) is 5.69 Å². The lowest BCUT2D eigenvalue weighted by molar-refractivity contribution is -0.142. The van der Waals surface area contributed by atoms with Crippen LogP contribution in [-0.4, -0.2) is 19.6 Å². The molecule has 0 unspecified atom stereocenters. The second-order valence-corrected chi connectivity index (χ2v) is 3.24. The van der Waals surface area contributed by atoms with Gasteiger partial charge in [0, 0.05) is 0 Å². The number of rotatable bonds is 0. The summed E-state index contributed by atoms with van der Waals surface area (Å²) in [5, 5.41) is 3.53. The topological polar surface area (TPSA) is 43.1 Å². The fourth-order valence-electron chi connectivity index (χ4n) is 0.949. The van der Waals surface area contributed by atoms with Crippen molar-refractivity contribution in [2.45, 2.75) is 6.18 Å². The summed E-state index contributed by atoms with van der Waals surface area (Å²) in [6.45, 7) is 0. The number of aromatic nitrogens is 4. The lowest BCUT2D eigenvalue weighted by atomic mass is 10.5. The molecular formula is C6H2BrF3N4. The third-order valence-electron chi connectivity index (χ3n) is 1.50. The highest BCUT2D eigenvalue weighted by Crippen LogP contribution is 2.28. The summed E-state index contributed by atoms with van der Waals surface area (Å²) in [5.41, 5.74) is -0.938. The van der Waals surface area contributed by atoms with Crippen LogP contribution < -0.4 is 0 Å². The number of nitrogens with zero attached hydrogens (tertiary/aromatic N) is 4. The van der Waals surface area contributed by atoms with Crippen molar-refractivity contribution in [2.24, 2.45) is 0 Å². The Morgan fingerprint density at radius 1 is 1.29 bits per heavy atom. The molecule has 2 aromatic heterocycles. The van der Waals surface area contributed by atoms with Gasteiger partial charge in [-0.3, -0.25) is 0 Å². The molecule has 0 aliphatic heterocycles. The van der Waals surface area contributed by atoms with Crippen LogP contribution >= 0.6 is 15.9 Å². The van der Waals surface area contributed by atoms with Crippen molar-refractivity contribution in [1.82, 2.24) is 19.6 Å². The zero-order valence-corrected chi connectivity index (χ0v) is 8.04. The van der Waals surface area contributed by atoms with Crippen LogP contribution in [0.25, 0.3) is 5.78 Å². The fourth-order valence-corrected chi connectivity index (χ4v) is 1.20. The zero-order valence-electron chi connectivity index (χ0n) is 6.46. The molecule has 0 saturated carbocycles. The first kappa shape index (κ1) is 9.38. The Balaban J connectivity index is 2.70. The van der Waals surface area contributed by atoms with Crippen LogP contribution in [0.2, 0.25) is 0 Å². The molecule has 0 fully saturated rings. The molecule has 0 aliphatic rings. The first-order chi connectivity index (χ1) is 6.48. The summed E-state index contributed by atoms with van der Waals surface area (Å²) in [6, 6.07) is 0. The molecule has 0 radical (unpaired) electrons. The van der Waals surface area contributed by atoms with E-state index < -0.39 is 11.9 Å². The third kappa shape index (κ3) is 1.45. The highest BCUT2D eigenvalue weighted by atomic mass is 79.9. The Bertz CT molecular complexity index is 477. The lowest BCUT2D eigenvalue weighted by Gasteiger charge is -2.03. The molecule has 0 aliphatic carbocycles. The van der Waals surface area contributed by atoms with Gasteiger partial charge < -0.3 is 0 Å². The fraction of sp³-hybridized carbons (Fsp3) is 0.167. The minimum atomic E-state index is -4.47. The van der Waals surface area contributed by atoms with Crippen molar-refractivity contribution in [3.8, 4) is 0 Å². The molecule has 0 atom stereocenters. The van der Waals surface area contributed by atoms with Crippen molar-refractivity contribution in [3.05, 3.63) is 22.7 Å². The van der Waals surface area contributed by atoms with Gasteiger partial charge in [0.25, 0.3) is 5.78 Å². The van der Waals surface area contributed by atoms with Gasteiger partial charge in [0.1, 0.15) is 4.60 Å². The zero-order chi connectivity index (χ0) is 10.3. The number of halogens is 4. The van der Waals surface area contributed by atoms with E-state index in [4.69, 9.17) is 0 Å². The molecule has 2 aromatic rings. The summed E-state index contributed by atoms with van der Waals surface area (Å²) < 4.78 is 37.9. The predicted molar refractivity (Wildman–Crippen MR) is 43.5 cm³/mol. The van der Waals surface area contributed by atoms with Gasteiger partial charge >= 0.3 is 6.18 Å². The number of hydrogen-bond donors (Lipinski definition) is 0. The van der Waals surface area contributed by atoms with E-state index >= 15 is 0 Å². The lowest BCUT2D eigenvalue weighted by Crippen LogP contribution is -2.10. The molecule has 14 heavy (non-hydrogen) atoms. The summed E-state index contributed by atoms with van der Waals surface area (Å²) in [6.07, 6.45) is -2.60. The van der Waals surface area contributed by atoms with Crippen molar-refractivity contribution >= 4 is 21.7 Å². The van der Waals surface area contributed by atoms with Gasteiger partial charge in [-0.15, -0.1) is 0 Å². The van der Waals surface area contributed by atoms with Gasteiger partial charge in [-0.05, 0) is 15.9 Å². The van der Waals surface area contributed by atoms with Crippen LogP contribution in [0.5, 0.6) is 0 Å². The van der Waals surface area contributed by atoms with E-state index in [2.05, 4.69) is 31.0 Å². The Morgan fingerprint density at radius 3 is 2.64 bits per heavy atom. The molecule has 0 bridgehead atoms. The number of alkyl halides is 3. The Morgan fingerprint density at radius 2 is 2.00 bits per heavy atom. The minimum absolute atomic E-state index is 0.0910. The average molecular weight is 267 g/mol. The monoisotopic (exact) mass is 266 g/mol. The molecule has 0 spiro atoms. The van der Waals surface area contributed by atoms with Crippen molar-refractivity contribution in [3.63, 3.8) is 0 Å². The standard InChI is InChI=1S/C6H2BrF3N4/c7-4-2-12-14-3(6(8,9)10)1-11-5(14)13-4/h1-2H. The Kier molecular flexibility index (Phi) is 1.95. The normalized spacial score (nSPS) is 12.3. The van der Waals surface area contributed by atoms with Gasteiger partial charge in [0.2, 0.25) is 0 Å². The average Bonchev–Trinajstić information content (AvgIpc) is 2.45. The molecule has 0 saturated heterocycles.